The van der Waals surface area contributed by atoms with Gasteiger partial charge in [-0.15, -0.1) is 0 Å². The van der Waals surface area contributed by atoms with E-state index in [4.69, 9.17) is 0 Å². The predicted molar refractivity (Wildman–Crippen MR) is 65.2 cm³/mol. The van der Waals surface area contributed by atoms with Crippen molar-refractivity contribution in [1.29, 1.82) is 0 Å². The molecule has 1 aromatic rings. The van der Waals surface area contributed by atoms with E-state index in [2.05, 4.69) is 16.7 Å². The Morgan fingerprint density at radius 2 is 2.25 bits per heavy atom. The number of amides is 1. The molecule has 1 fully saturated rings. The van der Waals surface area contributed by atoms with Gasteiger partial charge >= 0.3 is 0 Å². The number of anilines is 1. The van der Waals surface area contributed by atoms with Crippen molar-refractivity contribution in [2.75, 3.05) is 5.32 Å². The summed E-state index contributed by atoms with van der Waals surface area (Å²) in [6.07, 6.45) is 3.11. The molecule has 0 saturated heterocycles. The summed E-state index contributed by atoms with van der Waals surface area (Å²) in [6, 6.07) is 8.73. The number of rotatable bonds is 5. The summed E-state index contributed by atoms with van der Waals surface area (Å²) in [6.45, 7) is 2.74. The molecule has 0 unspecified atom stereocenters. The Balaban J connectivity index is 1.92. The maximum atomic E-state index is 11.2. The Kier molecular flexibility index (Phi) is 3.57. The summed E-state index contributed by atoms with van der Waals surface area (Å²) in [5.74, 6) is 0.0623. The summed E-state index contributed by atoms with van der Waals surface area (Å²) in [4.78, 5) is 11.2. The highest BCUT2D eigenvalue weighted by Crippen LogP contribution is 2.19. The molecule has 2 rings (SSSR count). The minimum Gasteiger partial charge on any atom is -0.326 e. The summed E-state index contributed by atoms with van der Waals surface area (Å²) < 4.78 is 0. The molecule has 1 saturated carbocycles. The summed E-state index contributed by atoms with van der Waals surface area (Å²) in [5.41, 5.74) is 2.11. The van der Waals surface area contributed by atoms with Gasteiger partial charge in [0.15, 0.2) is 0 Å². The van der Waals surface area contributed by atoms with Crippen LogP contribution >= 0.6 is 0 Å². The third kappa shape index (κ3) is 3.35. The molecule has 1 aromatic carbocycles. The number of hydrogen-bond donors (Lipinski definition) is 2. The van der Waals surface area contributed by atoms with Crippen LogP contribution in [0.15, 0.2) is 24.3 Å². The number of benzene rings is 1. The molecule has 0 aliphatic heterocycles. The molecule has 86 valence electrons. The van der Waals surface area contributed by atoms with E-state index in [1.165, 1.54) is 18.4 Å². The minimum absolute atomic E-state index is 0.0623. The van der Waals surface area contributed by atoms with Crippen molar-refractivity contribution >= 4 is 11.6 Å². The van der Waals surface area contributed by atoms with Crippen LogP contribution in [0.3, 0.4) is 0 Å². The Morgan fingerprint density at radius 1 is 1.44 bits per heavy atom. The van der Waals surface area contributed by atoms with Gasteiger partial charge in [0.2, 0.25) is 5.91 Å². The molecule has 0 aromatic heterocycles. The maximum absolute atomic E-state index is 11.2. The number of hydrogen-bond acceptors (Lipinski definition) is 2. The normalized spacial score (nSPS) is 14.8. The molecule has 0 atom stereocenters. The molecular weight excluding hydrogens is 200 g/mol. The second kappa shape index (κ2) is 5.12. The van der Waals surface area contributed by atoms with Gasteiger partial charge in [-0.1, -0.05) is 19.1 Å². The predicted octanol–water partition coefficient (Wildman–Crippen LogP) is 2.29. The van der Waals surface area contributed by atoms with E-state index in [1.54, 1.807) is 0 Å². The van der Waals surface area contributed by atoms with E-state index in [9.17, 15) is 4.79 Å². The first-order valence-electron chi connectivity index (χ1n) is 5.90. The van der Waals surface area contributed by atoms with Gasteiger partial charge in [0.05, 0.1) is 0 Å². The molecule has 1 aliphatic rings. The van der Waals surface area contributed by atoms with Crippen LogP contribution in [0.2, 0.25) is 0 Å². The lowest BCUT2D eigenvalue weighted by Gasteiger charge is -2.07. The SMILES string of the molecule is CCC(=O)Nc1cccc(CNC2CC2)c1. The molecular formula is C13H18N2O. The molecule has 1 aliphatic carbocycles. The van der Waals surface area contributed by atoms with Crippen LogP contribution in [-0.4, -0.2) is 11.9 Å². The largest absolute Gasteiger partial charge is 0.326 e. The van der Waals surface area contributed by atoms with Crippen LogP contribution in [-0.2, 0) is 11.3 Å². The van der Waals surface area contributed by atoms with Gasteiger partial charge in [-0.3, -0.25) is 4.79 Å². The molecule has 0 radical (unpaired) electrons. The van der Waals surface area contributed by atoms with Gasteiger partial charge in [0, 0.05) is 24.7 Å². The zero-order valence-electron chi connectivity index (χ0n) is 9.62. The first-order valence-corrected chi connectivity index (χ1v) is 5.90. The fourth-order valence-corrected chi connectivity index (χ4v) is 1.56. The van der Waals surface area contributed by atoms with Crippen LogP contribution in [0.4, 0.5) is 5.69 Å². The third-order valence-corrected chi connectivity index (χ3v) is 2.70. The van der Waals surface area contributed by atoms with Crippen molar-refractivity contribution in [3.8, 4) is 0 Å². The van der Waals surface area contributed by atoms with E-state index in [0.717, 1.165) is 12.2 Å². The molecule has 3 nitrogen and oxygen atoms in total. The van der Waals surface area contributed by atoms with Crippen LogP contribution in [0, 0.1) is 0 Å². The first-order chi connectivity index (χ1) is 7.78. The van der Waals surface area contributed by atoms with Gasteiger partial charge in [-0.2, -0.15) is 0 Å². The molecule has 16 heavy (non-hydrogen) atoms. The van der Waals surface area contributed by atoms with Crippen LogP contribution in [0.5, 0.6) is 0 Å². The number of carbonyl (C=O) groups is 1. The molecule has 1 amide bonds. The standard InChI is InChI=1S/C13H18N2O/c1-2-13(16)15-12-5-3-4-10(8-12)9-14-11-6-7-11/h3-5,8,11,14H,2,6-7,9H2,1H3,(H,15,16). The third-order valence-electron chi connectivity index (χ3n) is 2.70. The van der Waals surface area contributed by atoms with E-state index >= 15 is 0 Å². The zero-order chi connectivity index (χ0) is 11.4. The molecule has 3 heteroatoms. The second-order valence-corrected chi connectivity index (χ2v) is 4.26. The van der Waals surface area contributed by atoms with Crippen molar-refractivity contribution < 1.29 is 4.79 Å². The lowest BCUT2D eigenvalue weighted by molar-refractivity contribution is -0.115. The number of nitrogens with one attached hydrogen (secondary N) is 2. The fourth-order valence-electron chi connectivity index (χ4n) is 1.56. The summed E-state index contributed by atoms with van der Waals surface area (Å²) in [7, 11) is 0. The Hall–Kier alpha value is -1.35. The smallest absolute Gasteiger partial charge is 0.224 e. The second-order valence-electron chi connectivity index (χ2n) is 4.26. The van der Waals surface area contributed by atoms with E-state index in [-0.39, 0.29) is 5.91 Å². The molecule has 0 spiro atoms. The van der Waals surface area contributed by atoms with E-state index < -0.39 is 0 Å². The Labute approximate surface area is 96.2 Å². The number of carbonyl (C=O) groups excluding carboxylic acids is 1. The molecule has 2 N–H and O–H groups in total. The lowest BCUT2D eigenvalue weighted by atomic mass is 10.2. The van der Waals surface area contributed by atoms with E-state index in [1.807, 2.05) is 25.1 Å². The van der Waals surface area contributed by atoms with Gasteiger partial charge < -0.3 is 10.6 Å². The first kappa shape index (κ1) is 11.1. The summed E-state index contributed by atoms with van der Waals surface area (Å²) >= 11 is 0. The van der Waals surface area contributed by atoms with Gasteiger partial charge in [-0.05, 0) is 30.5 Å². The van der Waals surface area contributed by atoms with Crippen molar-refractivity contribution in [2.45, 2.75) is 38.8 Å². The lowest BCUT2D eigenvalue weighted by Crippen LogP contribution is -2.15. The van der Waals surface area contributed by atoms with Gasteiger partial charge in [0.25, 0.3) is 0 Å². The van der Waals surface area contributed by atoms with Crippen LogP contribution in [0.25, 0.3) is 0 Å². The monoisotopic (exact) mass is 218 g/mol. The average molecular weight is 218 g/mol. The highest BCUT2D eigenvalue weighted by atomic mass is 16.1. The topological polar surface area (TPSA) is 41.1 Å². The van der Waals surface area contributed by atoms with Crippen molar-refractivity contribution in [2.24, 2.45) is 0 Å². The highest BCUT2D eigenvalue weighted by molar-refractivity contribution is 5.90. The van der Waals surface area contributed by atoms with Crippen molar-refractivity contribution in [3.05, 3.63) is 29.8 Å². The van der Waals surface area contributed by atoms with Crippen LogP contribution < -0.4 is 10.6 Å². The molecule has 0 bridgehead atoms. The van der Waals surface area contributed by atoms with Crippen molar-refractivity contribution in [1.82, 2.24) is 5.32 Å². The van der Waals surface area contributed by atoms with Gasteiger partial charge in [-0.25, -0.2) is 0 Å². The zero-order valence-corrected chi connectivity index (χ0v) is 9.62. The van der Waals surface area contributed by atoms with Gasteiger partial charge in [0.1, 0.15) is 0 Å². The Bertz CT molecular complexity index is 372. The highest BCUT2D eigenvalue weighted by Gasteiger charge is 2.19. The average Bonchev–Trinajstić information content (AvgIpc) is 3.10. The van der Waals surface area contributed by atoms with Crippen molar-refractivity contribution in [3.63, 3.8) is 0 Å². The summed E-state index contributed by atoms with van der Waals surface area (Å²) in [5, 5.41) is 6.32. The Morgan fingerprint density at radius 3 is 2.94 bits per heavy atom. The maximum Gasteiger partial charge on any atom is 0.224 e. The molecule has 0 heterocycles. The minimum atomic E-state index is 0.0623. The quantitative estimate of drug-likeness (QED) is 0.796. The van der Waals surface area contributed by atoms with Crippen LogP contribution in [0.1, 0.15) is 31.7 Å². The fraction of sp³-hybridized carbons (Fsp3) is 0.462. The van der Waals surface area contributed by atoms with E-state index in [0.29, 0.717) is 12.5 Å².